The average Bonchev–Trinajstić information content (AvgIpc) is 2.95. The average molecular weight is 243 g/mol. The number of benzene rings is 1. The molecule has 98 valence electrons. The largest absolute Gasteiger partial charge is 0.324 e. The van der Waals surface area contributed by atoms with Crippen molar-refractivity contribution in [2.24, 2.45) is 23.5 Å². The van der Waals surface area contributed by atoms with Crippen LogP contribution in [0.25, 0.3) is 0 Å². The Bertz CT molecular complexity index is 463. The van der Waals surface area contributed by atoms with Gasteiger partial charge in [-0.25, -0.2) is 0 Å². The summed E-state index contributed by atoms with van der Waals surface area (Å²) in [6.45, 7) is 6.61. The lowest BCUT2D eigenvalue weighted by Gasteiger charge is -2.29. The summed E-state index contributed by atoms with van der Waals surface area (Å²) in [4.78, 5) is 0. The first-order valence-electron chi connectivity index (χ1n) is 7.39. The van der Waals surface area contributed by atoms with Crippen LogP contribution >= 0.6 is 0 Å². The standard InChI is InChI=1S/C17H25N/c1-10-6-12(3)15(7-11(10)2)17(18)16-9-13-4-5-14(16)8-13/h6-7,13-14,16-17H,4-5,8-9,18H2,1-3H3. The predicted octanol–water partition coefficient (Wildman–Crippen LogP) is 4.05. The van der Waals surface area contributed by atoms with Crippen LogP contribution in [-0.2, 0) is 0 Å². The maximum atomic E-state index is 6.61. The van der Waals surface area contributed by atoms with E-state index < -0.39 is 0 Å². The number of rotatable bonds is 2. The fourth-order valence-corrected chi connectivity index (χ4v) is 4.31. The fraction of sp³-hybridized carbons (Fsp3) is 0.647. The SMILES string of the molecule is Cc1cc(C)c(C(N)C2CC3CCC2C3)cc1C. The number of hydrogen-bond acceptors (Lipinski definition) is 1. The molecule has 1 aromatic carbocycles. The summed E-state index contributed by atoms with van der Waals surface area (Å²) in [6, 6.07) is 4.90. The number of aryl methyl sites for hydroxylation is 3. The summed E-state index contributed by atoms with van der Waals surface area (Å²) in [5, 5.41) is 0. The van der Waals surface area contributed by atoms with E-state index in [1.807, 2.05) is 0 Å². The first-order chi connectivity index (χ1) is 8.56. The third-order valence-corrected chi connectivity index (χ3v) is 5.50. The van der Waals surface area contributed by atoms with Gasteiger partial charge in [-0.15, -0.1) is 0 Å². The number of nitrogens with two attached hydrogens (primary N) is 1. The molecule has 2 fully saturated rings. The van der Waals surface area contributed by atoms with Gasteiger partial charge in [-0.2, -0.15) is 0 Å². The van der Waals surface area contributed by atoms with Crippen LogP contribution in [-0.4, -0.2) is 0 Å². The highest BCUT2D eigenvalue weighted by Crippen LogP contribution is 2.52. The van der Waals surface area contributed by atoms with Crippen LogP contribution in [0.3, 0.4) is 0 Å². The van der Waals surface area contributed by atoms with E-state index in [1.165, 1.54) is 47.9 Å². The molecule has 1 nitrogen and oxygen atoms in total. The lowest BCUT2D eigenvalue weighted by molar-refractivity contribution is 0.284. The molecule has 0 aliphatic heterocycles. The minimum Gasteiger partial charge on any atom is -0.324 e. The van der Waals surface area contributed by atoms with Crippen molar-refractivity contribution in [3.8, 4) is 0 Å². The van der Waals surface area contributed by atoms with Gasteiger partial charge in [0.15, 0.2) is 0 Å². The van der Waals surface area contributed by atoms with Gasteiger partial charge >= 0.3 is 0 Å². The van der Waals surface area contributed by atoms with Crippen molar-refractivity contribution in [1.82, 2.24) is 0 Å². The van der Waals surface area contributed by atoms with Crippen LogP contribution in [0.2, 0.25) is 0 Å². The summed E-state index contributed by atoms with van der Waals surface area (Å²) in [5.41, 5.74) is 12.2. The summed E-state index contributed by atoms with van der Waals surface area (Å²) in [7, 11) is 0. The molecule has 1 heteroatoms. The van der Waals surface area contributed by atoms with Crippen molar-refractivity contribution in [2.45, 2.75) is 52.5 Å². The number of hydrogen-bond donors (Lipinski definition) is 1. The molecule has 4 unspecified atom stereocenters. The molecule has 2 N–H and O–H groups in total. The maximum absolute atomic E-state index is 6.61. The van der Waals surface area contributed by atoms with Crippen LogP contribution in [0, 0.1) is 38.5 Å². The Balaban J connectivity index is 1.88. The number of fused-ring (bicyclic) bond motifs is 2. The highest BCUT2D eigenvalue weighted by atomic mass is 14.7. The zero-order valence-corrected chi connectivity index (χ0v) is 11.9. The Morgan fingerprint density at radius 1 is 1.00 bits per heavy atom. The summed E-state index contributed by atoms with van der Waals surface area (Å²) in [5.74, 6) is 2.63. The molecular weight excluding hydrogens is 218 g/mol. The van der Waals surface area contributed by atoms with Crippen molar-refractivity contribution in [3.63, 3.8) is 0 Å². The highest BCUT2D eigenvalue weighted by Gasteiger charge is 2.42. The first kappa shape index (κ1) is 12.2. The van der Waals surface area contributed by atoms with E-state index in [2.05, 4.69) is 32.9 Å². The fourth-order valence-electron chi connectivity index (χ4n) is 4.31. The molecule has 0 heterocycles. The molecule has 2 aliphatic rings. The Kier molecular flexibility index (Phi) is 2.97. The van der Waals surface area contributed by atoms with E-state index in [1.54, 1.807) is 0 Å². The van der Waals surface area contributed by atoms with E-state index in [-0.39, 0.29) is 6.04 Å². The third kappa shape index (κ3) is 1.89. The minimum atomic E-state index is 0.264. The van der Waals surface area contributed by atoms with E-state index in [0.29, 0.717) is 0 Å². The van der Waals surface area contributed by atoms with E-state index >= 15 is 0 Å². The van der Waals surface area contributed by atoms with Crippen molar-refractivity contribution in [2.75, 3.05) is 0 Å². The van der Waals surface area contributed by atoms with Gasteiger partial charge in [0.25, 0.3) is 0 Å². The molecule has 18 heavy (non-hydrogen) atoms. The minimum absolute atomic E-state index is 0.264. The molecule has 0 radical (unpaired) electrons. The van der Waals surface area contributed by atoms with Crippen LogP contribution in [0.1, 0.15) is 54.0 Å². The van der Waals surface area contributed by atoms with Crippen molar-refractivity contribution in [1.29, 1.82) is 0 Å². The van der Waals surface area contributed by atoms with Crippen LogP contribution in [0.5, 0.6) is 0 Å². The van der Waals surface area contributed by atoms with E-state index in [0.717, 1.165) is 17.8 Å². The predicted molar refractivity (Wildman–Crippen MR) is 76.5 cm³/mol. The van der Waals surface area contributed by atoms with Crippen molar-refractivity contribution >= 4 is 0 Å². The van der Waals surface area contributed by atoms with Crippen molar-refractivity contribution in [3.05, 3.63) is 34.4 Å². The molecule has 2 bridgehead atoms. The summed E-state index contributed by atoms with van der Waals surface area (Å²) in [6.07, 6.45) is 5.70. The quantitative estimate of drug-likeness (QED) is 0.833. The van der Waals surface area contributed by atoms with Gasteiger partial charge in [0.05, 0.1) is 0 Å². The van der Waals surface area contributed by atoms with Crippen LogP contribution in [0.4, 0.5) is 0 Å². The van der Waals surface area contributed by atoms with E-state index in [4.69, 9.17) is 5.73 Å². The Hall–Kier alpha value is -0.820. The Morgan fingerprint density at radius 2 is 1.72 bits per heavy atom. The molecular formula is C17H25N. The van der Waals surface area contributed by atoms with Gasteiger partial charge in [0.2, 0.25) is 0 Å². The second-order valence-corrected chi connectivity index (χ2v) is 6.66. The molecule has 2 aliphatic carbocycles. The topological polar surface area (TPSA) is 26.0 Å². The lowest BCUT2D eigenvalue weighted by Crippen LogP contribution is -2.26. The van der Waals surface area contributed by atoms with Gasteiger partial charge in [0, 0.05) is 6.04 Å². The van der Waals surface area contributed by atoms with Gasteiger partial charge in [-0.05, 0) is 80.0 Å². The molecule has 0 aromatic heterocycles. The zero-order valence-electron chi connectivity index (χ0n) is 11.9. The molecule has 0 saturated heterocycles. The highest BCUT2D eigenvalue weighted by molar-refractivity contribution is 5.38. The van der Waals surface area contributed by atoms with Gasteiger partial charge < -0.3 is 5.73 Å². The molecule has 4 atom stereocenters. The molecule has 1 aromatic rings. The normalized spacial score (nSPS) is 31.9. The molecule has 2 saturated carbocycles. The Morgan fingerprint density at radius 3 is 2.33 bits per heavy atom. The van der Waals surface area contributed by atoms with Crippen LogP contribution < -0.4 is 5.73 Å². The second-order valence-electron chi connectivity index (χ2n) is 6.66. The Labute approximate surface area is 111 Å². The lowest BCUT2D eigenvalue weighted by atomic mass is 9.79. The van der Waals surface area contributed by atoms with Gasteiger partial charge in [0.1, 0.15) is 0 Å². The third-order valence-electron chi connectivity index (χ3n) is 5.50. The van der Waals surface area contributed by atoms with Gasteiger partial charge in [-0.3, -0.25) is 0 Å². The zero-order chi connectivity index (χ0) is 12.9. The monoisotopic (exact) mass is 243 g/mol. The van der Waals surface area contributed by atoms with Crippen LogP contribution in [0.15, 0.2) is 12.1 Å². The molecule has 0 amide bonds. The van der Waals surface area contributed by atoms with Gasteiger partial charge in [-0.1, -0.05) is 18.6 Å². The molecule has 3 rings (SSSR count). The smallest absolute Gasteiger partial charge is 0.0329 e. The van der Waals surface area contributed by atoms with E-state index in [9.17, 15) is 0 Å². The molecule has 0 spiro atoms. The summed E-state index contributed by atoms with van der Waals surface area (Å²) >= 11 is 0. The summed E-state index contributed by atoms with van der Waals surface area (Å²) < 4.78 is 0. The first-order valence-corrected chi connectivity index (χ1v) is 7.39. The second kappa shape index (κ2) is 4.38. The van der Waals surface area contributed by atoms with Crippen molar-refractivity contribution < 1.29 is 0 Å². The maximum Gasteiger partial charge on any atom is 0.0329 e.